The van der Waals surface area contributed by atoms with E-state index in [-0.39, 0.29) is 6.42 Å². The molecule has 42 heavy (non-hydrogen) atoms. The highest BCUT2D eigenvalue weighted by atomic mass is 35.5. The minimum atomic E-state index is -1.47. The fourth-order valence-corrected chi connectivity index (χ4v) is 5.50. The van der Waals surface area contributed by atoms with E-state index in [1.807, 2.05) is 103 Å². The van der Waals surface area contributed by atoms with Gasteiger partial charge >= 0.3 is 0 Å². The van der Waals surface area contributed by atoms with E-state index < -0.39 is 24.1 Å². The third-order valence-electron chi connectivity index (χ3n) is 7.63. The molecule has 5 rings (SSSR count). The van der Waals surface area contributed by atoms with E-state index in [9.17, 15) is 9.90 Å². The van der Waals surface area contributed by atoms with Gasteiger partial charge < -0.3 is 28.8 Å². The number of halogens is 1. The van der Waals surface area contributed by atoms with E-state index in [0.29, 0.717) is 42.9 Å². The zero-order chi connectivity index (χ0) is 29.4. The van der Waals surface area contributed by atoms with Gasteiger partial charge in [0.05, 0.1) is 19.3 Å². The summed E-state index contributed by atoms with van der Waals surface area (Å²) in [6.45, 7) is 0.369. The maximum Gasteiger partial charge on any atom is 0.198 e. The Bertz CT molecular complexity index is 1450. The van der Waals surface area contributed by atoms with Gasteiger partial charge in [0.15, 0.2) is 17.7 Å². The standard InChI is InChI=1S/C35H35ClO6/c1-39-35(21-32(20-34(24-37,25-38)42-35)41-23-28-10-6-3-7-11-28)30-14-17-33(36)29(19-30)18-26-12-15-31(16-13-26)40-22-27-8-4-2-5-9-27/h2-17,19,24,32,38H,18,20-23,25H2,1H3/t32?,34-,35-/m1/s1. The maximum absolute atomic E-state index is 12.3. The fraction of sp³-hybridized carbons (Fsp3) is 0.286. The molecule has 0 aromatic heterocycles. The highest BCUT2D eigenvalue weighted by Crippen LogP contribution is 2.44. The number of aldehydes is 1. The summed E-state index contributed by atoms with van der Waals surface area (Å²) < 4.78 is 24.5. The number of ether oxygens (including phenoxy) is 4. The second-order valence-electron chi connectivity index (χ2n) is 10.6. The molecule has 1 N–H and O–H groups in total. The van der Waals surface area contributed by atoms with Crippen molar-refractivity contribution in [2.24, 2.45) is 0 Å². The van der Waals surface area contributed by atoms with Gasteiger partial charge in [-0.25, -0.2) is 0 Å². The summed E-state index contributed by atoms with van der Waals surface area (Å²) in [6, 6.07) is 33.4. The molecule has 6 nitrogen and oxygen atoms in total. The fourth-order valence-electron chi connectivity index (χ4n) is 5.31. The average molecular weight is 587 g/mol. The van der Waals surface area contributed by atoms with Crippen LogP contribution in [0.2, 0.25) is 5.02 Å². The second kappa shape index (κ2) is 13.6. The molecule has 0 spiro atoms. The van der Waals surface area contributed by atoms with Crippen LogP contribution in [0.5, 0.6) is 5.75 Å². The predicted octanol–water partition coefficient (Wildman–Crippen LogP) is 6.63. The quantitative estimate of drug-likeness (QED) is 0.188. The molecule has 0 aliphatic carbocycles. The molecule has 0 saturated carbocycles. The van der Waals surface area contributed by atoms with E-state index in [4.69, 9.17) is 30.5 Å². The lowest BCUT2D eigenvalue weighted by atomic mass is 9.85. The van der Waals surface area contributed by atoms with Crippen LogP contribution < -0.4 is 4.74 Å². The molecule has 1 saturated heterocycles. The van der Waals surface area contributed by atoms with Crippen molar-refractivity contribution in [2.45, 2.75) is 50.0 Å². The summed E-state index contributed by atoms with van der Waals surface area (Å²) in [5, 5.41) is 10.8. The first-order valence-electron chi connectivity index (χ1n) is 14.0. The zero-order valence-electron chi connectivity index (χ0n) is 23.6. The van der Waals surface area contributed by atoms with Gasteiger partial charge in [0.25, 0.3) is 0 Å². The van der Waals surface area contributed by atoms with Crippen LogP contribution in [0.15, 0.2) is 103 Å². The maximum atomic E-state index is 12.3. The van der Waals surface area contributed by atoms with Crippen LogP contribution in [0.3, 0.4) is 0 Å². The number of aliphatic hydroxyl groups excluding tert-OH is 1. The van der Waals surface area contributed by atoms with Gasteiger partial charge in [-0.15, -0.1) is 0 Å². The van der Waals surface area contributed by atoms with E-state index in [1.54, 1.807) is 0 Å². The van der Waals surface area contributed by atoms with Crippen molar-refractivity contribution in [2.75, 3.05) is 13.7 Å². The van der Waals surface area contributed by atoms with Crippen molar-refractivity contribution < 1.29 is 28.8 Å². The highest BCUT2D eigenvalue weighted by molar-refractivity contribution is 6.31. The molecule has 1 heterocycles. The van der Waals surface area contributed by atoms with Crippen molar-refractivity contribution in [1.82, 2.24) is 0 Å². The number of hydrogen-bond donors (Lipinski definition) is 1. The van der Waals surface area contributed by atoms with Gasteiger partial charge in [-0.1, -0.05) is 90.5 Å². The molecule has 4 aromatic carbocycles. The molecule has 1 aliphatic rings. The number of carbonyl (C=O) groups excluding carboxylic acids is 1. The Hall–Kier alpha value is -3.52. The van der Waals surface area contributed by atoms with Gasteiger partial charge in [-0.3, -0.25) is 0 Å². The first-order valence-corrected chi connectivity index (χ1v) is 14.4. The van der Waals surface area contributed by atoms with Crippen LogP contribution in [-0.4, -0.2) is 36.8 Å². The third kappa shape index (κ3) is 7.09. The van der Waals surface area contributed by atoms with Gasteiger partial charge in [0.2, 0.25) is 0 Å². The van der Waals surface area contributed by atoms with Crippen molar-refractivity contribution in [3.05, 3.63) is 136 Å². The normalized spacial score (nSPS) is 22.0. The Morgan fingerprint density at radius 2 is 1.55 bits per heavy atom. The van der Waals surface area contributed by atoms with Crippen LogP contribution in [0.4, 0.5) is 0 Å². The second-order valence-corrected chi connectivity index (χ2v) is 11.0. The van der Waals surface area contributed by atoms with E-state index in [0.717, 1.165) is 28.0 Å². The van der Waals surface area contributed by atoms with Crippen molar-refractivity contribution in [3.8, 4) is 5.75 Å². The van der Waals surface area contributed by atoms with Crippen molar-refractivity contribution in [3.63, 3.8) is 0 Å². The van der Waals surface area contributed by atoms with Gasteiger partial charge in [0, 0.05) is 30.5 Å². The Kier molecular flexibility index (Phi) is 9.73. The lowest BCUT2D eigenvalue weighted by Crippen LogP contribution is -2.56. The molecule has 218 valence electrons. The predicted molar refractivity (Wildman–Crippen MR) is 161 cm³/mol. The number of aliphatic hydroxyl groups is 1. The Morgan fingerprint density at radius 1 is 0.881 bits per heavy atom. The van der Waals surface area contributed by atoms with Crippen LogP contribution >= 0.6 is 11.6 Å². The lowest BCUT2D eigenvalue weighted by Gasteiger charge is -2.47. The van der Waals surface area contributed by atoms with Crippen molar-refractivity contribution in [1.29, 1.82) is 0 Å². The number of methoxy groups -OCH3 is 1. The van der Waals surface area contributed by atoms with Crippen LogP contribution in [0, 0.1) is 0 Å². The third-order valence-corrected chi connectivity index (χ3v) is 8.00. The molecule has 1 fully saturated rings. The Balaban J connectivity index is 1.34. The molecule has 1 aliphatic heterocycles. The van der Waals surface area contributed by atoms with Crippen LogP contribution in [0.1, 0.15) is 40.7 Å². The molecular weight excluding hydrogens is 552 g/mol. The summed E-state index contributed by atoms with van der Waals surface area (Å²) in [6.07, 6.45) is 1.36. The minimum absolute atomic E-state index is 0.212. The zero-order valence-corrected chi connectivity index (χ0v) is 24.3. The van der Waals surface area contributed by atoms with Crippen LogP contribution in [0.25, 0.3) is 0 Å². The van der Waals surface area contributed by atoms with E-state index in [1.165, 1.54) is 7.11 Å². The molecule has 0 bridgehead atoms. The SMILES string of the molecule is CO[C@]1(c2ccc(Cl)c(Cc3ccc(OCc4ccccc4)cc3)c2)CC(OCc2ccccc2)C[C@@](C=O)(CO)O1. The molecule has 0 radical (unpaired) electrons. The molecule has 0 amide bonds. The van der Waals surface area contributed by atoms with Crippen LogP contribution in [-0.2, 0) is 44.4 Å². The first kappa shape index (κ1) is 30.0. The van der Waals surface area contributed by atoms with Gasteiger partial charge in [0.1, 0.15) is 12.4 Å². The van der Waals surface area contributed by atoms with E-state index in [2.05, 4.69) is 0 Å². The molecule has 7 heteroatoms. The summed E-state index contributed by atoms with van der Waals surface area (Å²) in [4.78, 5) is 12.3. The Morgan fingerprint density at radius 3 is 2.17 bits per heavy atom. The number of hydrogen-bond acceptors (Lipinski definition) is 6. The van der Waals surface area contributed by atoms with Gasteiger partial charge in [-0.2, -0.15) is 0 Å². The lowest BCUT2D eigenvalue weighted by molar-refractivity contribution is -0.325. The summed E-state index contributed by atoms with van der Waals surface area (Å²) in [5.74, 6) is -0.537. The van der Waals surface area contributed by atoms with E-state index >= 15 is 0 Å². The largest absolute Gasteiger partial charge is 0.489 e. The first-order chi connectivity index (χ1) is 20.5. The average Bonchev–Trinajstić information content (AvgIpc) is 3.05. The molecule has 4 aromatic rings. The topological polar surface area (TPSA) is 74.2 Å². The van der Waals surface area contributed by atoms with Gasteiger partial charge in [-0.05, 0) is 52.9 Å². The highest BCUT2D eigenvalue weighted by Gasteiger charge is 2.51. The summed E-state index contributed by atoms with van der Waals surface area (Å²) in [7, 11) is 1.54. The molecule has 1 unspecified atom stereocenters. The summed E-state index contributed by atoms with van der Waals surface area (Å²) in [5.41, 5.74) is 3.27. The number of rotatable bonds is 12. The number of carbonyl (C=O) groups is 1. The molecule has 3 atom stereocenters. The summed E-state index contributed by atoms with van der Waals surface area (Å²) >= 11 is 6.65. The molecular formula is C35H35ClO6. The van der Waals surface area contributed by atoms with Crippen molar-refractivity contribution >= 4 is 17.9 Å². The Labute approximate surface area is 251 Å². The number of benzene rings is 4. The smallest absolute Gasteiger partial charge is 0.198 e. The monoisotopic (exact) mass is 586 g/mol. The minimum Gasteiger partial charge on any atom is -0.489 e.